The quantitative estimate of drug-likeness (QED) is 0.738. The van der Waals surface area contributed by atoms with Crippen molar-refractivity contribution in [2.45, 2.75) is 46.5 Å². The van der Waals surface area contributed by atoms with Crippen LogP contribution in [0.2, 0.25) is 0 Å². The van der Waals surface area contributed by atoms with Crippen LogP contribution in [-0.2, 0) is 11.2 Å². The van der Waals surface area contributed by atoms with Gasteiger partial charge in [0, 0.05) is 12.8 Å². The summed E-state index contributed by atoms with van der Waals surface area (Å²) in [6, 6.07) is 6.70. The van der Waals surface area contributed by atoms with E-state index in [0.29, 0.717) is 5.78 Å². The highest BCUT2D eigenvalue weighted by atomic mass is 16.1. The van der Waals surface area contributed by atoms with Crippen molar-refractivity contribution in [3.63, 3.8) is 0 Å². The minimum atomic E-state index is 0.206. The standard InChI is InChI=1S/C15H20O/c1-11-6-12(2)8-13(7-11)9-15(3)5-4-14(16)10-15/h6-8H,4-5,9-10H2,1-3H3. The maximum absolute atomic E-state index is 11.4. The summed E-state index contributed by atoms with van der Waals surface area (Å²) in [6.07, 6.45) is 3.64. The Morgan fingerprint density at radius 2 is 1.81 bits per heavy atom. The predicted octanol–water partition coefficient (Wildman–Crippen LogP) is 3.61. The van der Waals surface area contributed by atoms with Gasteiger partial charge < -0.3 is 0 Å². The molecule has 0 spiro atoms. The Bertz CT molecular complexity index is 399. The number of benzene rings is 1. The van der Waals surface area contributed by atoms with Crippen LogP contribution in [0.15, 0.2) is 18.2 Å². The molecule has 0 saturated heterocycles. The molecular formula is C15H20O. The van der Waals surface area contributed by atoms with Gasteiger partial charge in [-0.25, -0.2) is 0 Å². The van der Waals surface area contributed by atoms with Crippen LogP contribution in [0.5, 0.6) is 0 Å². The summed E-state index contributed by atoms with van der Waals surface area (Å²) >= 11 is 0. The van der Waals surface area contributed by atoms with E-state index in [1.54, 1.807) is 0 Å². The predicted molar refractivity (Wildman–Crippen MR) is 66.6 cm³/mol. The largest absolute Gasteiger partial charge is 0.300 e. The highest BCUT2D eigenvalue weighted by molar-refractivity contribution is 5.81. The molecule has 1 fully saturated rings. The van der Waals surface area contributed by atoms with Gasteiger partial charge in [-0.3, -0.25) is 4.79 Å². The van der Waals surface area contributed by atoms with Gasteiger partial charge in [0.05, 0.1) is 0 Å². The van der Waals surface area contributed by atoms with E-state index in [1.807, 2.05) is 0 Å². The number of carbonyl (C=O) groups excluding carboxylic acids is 1. The summed E-state index contributed by atoms with van der Waals surface area (Å²) in [5, 5.41) is 0. The molecule has 0 aromatic heterocycles. The third-order valence-electron chi connectivity index (χ3n) is 3.54. The first-order chi connectivity index (χ1) is 7.47. The molecule has 1 atom stereocenters. The molecule has 2 rings (SSSR count). The van der Waals surface area contributed by atoms with Gasteiger partial charge in [0.15, 0.2) is 0 Å². The van der Waals surface area contributed by atoms with Crippen molar-refractivity contribution >= 4 is 5.78 Å². The SMILES string of the molecule is Cc1cc(C)cc(CC2(C)CCC(=O)C2)c1. The second-order valence-corrected chi connectivity index (χ2v) is 5.70. The third kappa shape index (κ3) is 2.52. The summed E-state index contributed by atoms with van der Waals surface area (Å²) in [5.41, 5.74) is 4.23. The van der Waals surface area contributed by atoms with E-state index in [9.17, 15) is 4.79 Å². The molecule has 1 aliphatic rings. The van der Waals surface area contributed by atoms with Crippen LogP contribution < -0.4 is 0 Å². The second kappa shape index (κ2) is 4.04. The highest BCUT2D eigenvalue weighted by Crippen LogP contribution is 2.38. The van der Waals surface area contributed by atoms with E-state index < -0.39 is 0 Å². The van der Waals surface area contributed by atoms with Crippen molar-refractivity contribution in [1.29, 1.82) is 0 Å². The fraction of sp³-hybridized carbons (Fsp3) is 0.533. The molecule has 1 aromatic carbocycles. The lowest BCUT2D eigenvalue weighted by atomic mass is 9.81. The highest BCUT2D eigenvalue weighted by Gasteiger charge is 2.33. The molecule has 0 aliphatic heterocycles. The van der Waals surface area contributed by atoms with Crippen molar-refractivity contribution in [3.05, 3.63) is 34.9 Å². The minimum Gasteiger partial charge on any atom is -0.300 e. The number of aryl methyl sites for hydroxylation is 2. The summed E-state index contributed by atoms with van der Waals surface area (Å²) in [7, 11) is 0. The van der Waals surface area contributed by atoms with Crippen LogP contribution in [0.1, 0.15) is 42.9 Å². The van der Waals surface area contributed by atoms with Gasteiger partial charge in [-0.15, -0.1) is 0 Å². The molecule has 86 valence electrons. The lowest BCUT2D eigenvalue weighted by molar-refractivity contribution is -0.117. The summed E-state index contributed by atoms with van der Waals surface area (Å²) in [6.45, 7) is 6.52. The lowest BCUT2D eigenvalue weighted by Crippen LogP contribution is -2.15. The van der Waals surface area contributed by atoms with Crippen LogP contribution in [0.25, 0.3) is 0 Å². The Kier molecular flexibility index (Phi) is 2.88. The monoisotopic (exact) mass is 216 g/mol. The fourth-order valence-corrected chi connectivity index (χ4v) is 2.91. The minimum absolute atomic E-state index is 0.206. The molecule has 1 aromatic rings. The topological polar surface area (TPSA) is 17.1 Å². The molecule has 0 radical (unpaired) electrons. The van der Waals surface area contributed by atoms with Gasteiger partial charge >= 0.3 is 0 Å². The summed E-state index contributed by atoms with van der Waals surface area (Å²) in [4.78, 5) is 11.4. The second-order valence-electron chi connectivity index (χ2n) is 5.70. The first-order valence-corrected chi connectivity index (χ1v) is 6.06. The molecule has 1 saturated carbocycles. The number of ketones is 1. The van der Waals surface area contributed by atoms with Crippen LogP contribution in [0, 0.1) is 19.3 Å². The van der Waals surface area contributed by atoms with Crippen molar-refractivity contribution in [2.24, 2.45) is 5.41 Å². The van der Waals surface area contributed by atoms with Crippen molar-refractivity contribution in [3.8, 4) is 0 Å². The van der Waals surface area contributed by atoms with Gasteiger partial charge in [-0.05, 0) is 37.7 Å². The number of hydrogen-bond donors (Lipinski definition) is 0. The smallest absolute Gasteiger partial charge is 0.133 e. The average Bonchev–Trinajstić information content (AvgIpc) is 2.43. The van der Waals surface area contributed by atoms with Gasteiger partial charge in [0.1, 0.15) is 5.78 Å². The lowest BCUT2D eigenvalue weighted by Gasteiger charge is -2.22. The zero-order valence-corrected chi connectivity index (χ0v) is 10.5. The van der Waals surface area contributed by atoms with Gasteiger partial charge in [-0.1, -0.05) is 36.2 Å². The Morgan fingerprint density at radius 3 is 2.31 bits per heavy atom. The maximum atomic E-state index is 11.4. The molecule has 1 aliphatic carbocycles. The van der Waals surface area contributed by atoms with E-state index in [1.165, 1.54) is 16.7 Å². The summed E-state index contributed by atoms with van der Waals surface area (Å²) in [5.74, 6) is 0.437. The van der Waals surface area contributed by atoms with Gasteiger partial charge in [0.25, 0.3) is 0 Å². The third-order valence-corrected chi connectivity index (χ3v) is 3.54. The van der Waals surface area contributed by atoms with E-state index in [-0.39, 0.29) is 5.41 Å². The molecule has 1 unspecified atom stereocenters. The van der Waals surface area contributed by atoms with E-state index in [4.69, 9.17) is 0 Å². The van der Waals surface area contributed by atoms with Crippen molar-refractivity contribution in [1.82, 2.24) is 0 Å². The number of carbonyl (C=O) groups is 1. The number of hydrogen-bond acceptors (Lipinski definition) is 1. The van der Waals surface area contributed by atoms with Crippen LogP contribution in [0.4, 0.5) is 0 Å². The van der Waals surface area contributed by atoms with E-state index >= 15 is 0 Å². The van der Waals surface area contributed by atoms with Gasteiger partial charge in [0.2, 0.25) is 0 Å². The van der Waals surface area contributed by atoms with Crippen LogP contribution in [0.3, 0.4) is 0 Å². The average molecular weight is 216 g/mol. The fourth-order valence-electron chi connectivity index (χ4n) is 2.91. The summed E-state index contributed by atoms with van der Waals surface area (Å²) < 4.78 is 0. The normalized spacial score (nSPS) is 25.1. The first-order valence-electron chi connectivity index (χ1n) is 6.06. The molecule has 16 heavy (non-hydrogen) atoms. The first kappa shape index (κ1) is 11.4. The van der Waals surface area contributed by atoms with Crippen molar-refractivity contribution < 1.29 is 4.79 Å². The zero-order chi connectivity index (χ0) is 11.8. The molecule has 1 nitrogen and oxygen atoms in total. The Hall–Kier alpha value is -1.11. The zero-order valence-electron chi connectivity index (χ0n) is 10.5. The molecular weight excluding hydrogens is 196 g/mol. The van der Waals surface area contributed by atoms with Crippen molar-refractivity contribution in [2.75, 3.05) is 0 Å². The molecule has 0 N–H and O–H groups in total. The number of rotatable bonds is 2. The molecule has 0 bridgehead atoms. The van der Waals surface area contributed by atoms with E-state index in [0.717, 1.165) is 25.7 Å². The molecule has 0 heterocycles. The molecule has 1 heteroatoms. The Labute approximate surface area is 97.9 Å². The number of Topliss-reactive ketones (excluding diaryl/α,β-unsaturated/α-hetero) is 1. The van der Waals surface area contributed by atoms with E-state index in [2.05, 4.69) is 39.0 Å². The van der Waals surface area contributed by atoms with Crippen LogP contribution in [-0.4, -0.2) is 5.78 Å². The van der Waals surface area contributed by atoms with Gasteiger partial charge in [-0.2, -0.15) is 0 Å². The van der Waals surface area contributed by atoms with Crippen LogP contribution >= 0.6 is 0 Å². The molecule has 0 amide bonds. The maximum Gasteiger partial charge on any atom is 0.133 e. The Morgan fingerprint density at radius 1 is 1.19 bits per heavy atom. The Balaban J connectivity index is 2.17.